The minimum Gasteiger partial charge on any atom is -0.330 e. The molecule has 0 saturated carbocycles. The summed E-state index contributed by atoms with van der Waals surface area (Å²) in [6, 6.07) is 17.6. The monoisotopic (exact) mass is 398 g/mol. The number of rotatable bonds is 6. The zero-order valence-corrected chi connectivity index (χ0v) is 16.9. The maximum atomic E-state index is 13.5. The van der Waals surface area contributed by atoms with Gasteiger partial charge in [0.1, 0.15) is 6.33 Å². The molecule has 0 aliphatic heterocycles. The molecule has 0 atom stereocenters. The molecule has 0 bridgehead atoms. The van der Waals surface area contributed by atoms with E-state index in [4.69, 9.17) is 0 Å². The number of carbonyl (C=O) groups is 1. The molecule has 2 heterocycles. The molecule has 0 saturated heterocycles. The molecule has 7 nitrogen and oxygen atoms in total. The van der Waals surface area contributed by atoms with Crippen LogP contribution >= 0.6 is 0 Å². The molecule has 0 aliphatic carbocycles. The molecule has 4 aromatic rings. The predicted octanol–water partition coefficient (Wildman–Crippen LogP) is 3.52. The number of aromatic nitrogens is 5. The van der Waals surface area contributed by atoms with E-state index in [-0.39, 0.29) is 5.91 Å². The first-order valence-electron chi connectivity index (χ1n) is 9.68. The Morgan fingerprint density at radius 1 is 1.00 bits per heavy atom. The number of nitrogens with zero attached hydrogens (tertiary/aromatic N) is 6. The van der Waals surface area contributed by atoms with Crippen LogP contribution in [0.25, 0.3) is 5.69 Å². The largest absolute Gasteiger partial charge is 0.330 e. The topological polar surface area (TPSA) is 76.8 Å². The molecule has 2 aromatic heterocycles. The fourth-order valence-electron chi connectivity index (χ4n) is 3.40. The molecule has 4 rings (SSSR count). The van der Waals surface area contributed by atoms with Crippen molar-refractivity contribution in [1.29, 1.82) is 0 Å². The summed E-state index contributed by atoms with van der Waals surface area (Å²) < 4.78 is 1.59. The summed E-state index contributed by atoms with van der Waals surface area (Å²) in [4.78, 5) is 19.5. The second kappa shape index (κ2) is 8.65. The maximum absolute atomic E-state index is 13.5. The number of tetrazole rings is 1. The molecule has 150 valence electrons. The van der Waals surface area contributed by atoms with Gasteiger partial charge < -0.3 is 4.90 Å². The molecule has 0 unspecified atom stereocenters. The van der Waals surface area contributed by atoms with Gasteiger partial charge in [0, 0.05) is 31.0 Å². The first kappa shape index (κ1) is 19.4. The van der Waals surface area contributed by atoms with Crippen LogP contribution in [0.4, 0.5) is 0 Å². The Balaban J connectivity index is 1.64. The lowest BCUT2D eigenvalue weighted by molar-refractivity contribution is 0.0729. The Bertz CT molecular complexity index is 1140. The summed E-state index contributed by atoms with van der Waals surface area (Å²) in [5.74, 6) is -0.0338. The van der Waals surface area contributed by atoms with Crippen LogP contribution < -0.4 is 0 Å². The van der Waals surface area contributed by atoms with E-state index in [9.17, 15) is 4.79 Å². The number of amides is 1. The van der Waals surface area contributed by atoms with Crippen molar-refractivity contribution in [2.24, 2.45) is 0 Å². The highest BCUT2D eigenvalue weighted by Gasteiger charge is 2.19. The molecule has 2 aromatic carbocycles. The summed E-state index contributed by atoms with van der Waals surface area (Å²) in [5, 5.41) is 11.3. The number of pyridine rings is 1. The van der Waals surface area contributed by atoms with Crippen LogP contribution in [0.2, 0.25) is 0 Å². The van der Waals surface area contributed by atoms with Crippen LogP contribution in [-0.4, -0.2) is 36.0 Å². The minimum absolute atomic E-state index is 0.0338. The van der Waals surface area contributed by atoms with Gasteiger partial charge in [0.05, 0.1) is 5.69 Å². The van der Waals surface area contributed by atoms with Crippen molar-refractivity contribution in [3.8, 4) is 5.69 Å². The van der Waals surface area contributed by atoms with E-state index >= 15 is 0 Å². The van der Waals surface area contributed by atoms with Gasteiger partial charge >= 0.3 is 0 Å². The van der Waals surface area contributed by atoms with Crippen molar-refractivity contribution in [2.45, 2.75) is 26.9 Å². The normalized spacial score (nSPS) is 10.7. The highest BCUT2D eigenvalue weighted by atomic mass is 16.2. The molecule has 1 amide bonds. The molecule has 7 heteroatoms. The van der Waals surface area contributed by atoms with Gasteiger partial charge in [-0.25, -0.2) is 4.68 Å². The van der Waals surface area contributed by atoms with Crippen LogP contribution in [0.1, 0.15) is 32.6 Å². The molecule has 0 fully saturated rings. The Hall–Kier alpha value is -3.87. The first-order chi connectivity index (χ1) is 14.6. The second-order valence-electron chi connectivity index (χ2n) is 7.20. The van der Waals surface area contributed by atoms with Gasteiger partial charge in [0.2, 0.25) is 0 Å². The highest BCUT2D eigenvalue weighted by molar-refractivity contribution is 5.94. The summed E-state index contributed by atoms with van der Waals surface area (Å²) >= 11 is 0. The standard InChI is InChI=1S/C23H22N6O/c1-17-6-3-4-8-21(17)15-28(14-19-7-5-11-24-13-19)23(30)20-9-10-22(18(2)12-20)29-16-25-26-27-29/h3-13,16H,14-15H2,1-2H3. The molecule has 0 N–H and O–H groups in total. The summed E-state index contributed by atoms with van der Waals surface area (Å²) in [7, 11) is 0. The van der Waals surface area contributed by atoms with E-state index in [0.717, 1.165) is 27.9 Å². The third kappa shape index (κ3) is 4.25. The summed E-state index contributed by atoms with van der Waals surface area (Å²) in [5.41, 5.74) is 5.66. The fraction of sp³-hybridized carbons (Fsp3) is 0.174. The number of benzene rings is 2. The van der Waals surface area contributed by atoms with Crippen molar-refractivity contribution in [1.82, 2.24) is 30.1 Å². The van der Waals surface area contributed by atoms with Crippen LogP contribution in [0.15, 0.2) is 73.3 Å². The van der Waals surface area contributed by atoms with Gasteiger partial charge in [-0.15, -0.1) is 5.10 Å². The van der Waals surface area contributed by atoms with E-state index in [1.54, 1.807) is 17.1 Å². The van der Waals surface area contributed by atoms with Crippen LogP contribution in [-0.2, 0) is 13.1 Å². The van der Waals surface area contributed by atoms with E-state index < -0.39 is 0 Å². The van der Waals surface area contributed by atoms with Gasteiger partial charge in [-0.2, -0.15) is 0 Å². The van der Waals surface area contributed by atoms with Crippen molar-refractivity contribution in [3.05, 3.63) is 101 Å². The van der Waals surface area contributed by atoms with Crippen molar-refractivity contribution in [2.75, 3.05) is 0 Å². The Kier molecular flexibility index (Phi) is 5.61. The third-order valence-electron chi connectivity index (χ3n) is 5.05. The second-order valence-corrected chi connectivity index (χ2v) is 7.20. The van der Waals surface area contributed by atoms with Crippen LogP contribution in [0.5, 0.6) is 0 Å². The van der Waals surface area contributed by atoms with E-state index in [0.29, 0.717) is 18.7 Å². The number of hydrogen-bond donors (Lipinski definition) is 0. The molecule has 30 heavy (non-hydrogen) atoms. The Morgan fingerprint density at radius 2 is 1.87 bits per heavy atom. The molecule has 0 radical (unpaired) electrons. The summed E-state index contributed by atoms with van der Waals surface area (Å²) in [6.07, 6.45) is 5.07. The Morgan fingerprint density at radius 3 is 2.57 bits per heavy atom. The third-order valence-corrected chi connectivity index (χ3v) is 5.05. The van der Waals surface area contributed by atoms with E-state index in [1.807, 2.05) is 54.3 Å². The van der Waals surface area contributed by atoms with Gasteiger partial charge in [0.15, 0.2) is 0 Å². The van der Waals surface area contributed by atoms with Gasteiger partial charge in [-0.1, -0.05) is 30.3 Å². The van der Waals surface area contributed by atoms with E-state index in [1.165, 1.54) is 6.33 Å². The lowest BCUT2D eigenvalue weighted by atomic mass is 10.1. The molecular formula is C23H22N6O. The smallest absolute Gasteiger partial charge is 0.254 e. The van der Waals surface area contributed by atoms with Crippen LogP contribution in [0, 0.1) is 13.8 Å². The molecule has 0 spiro atoms. The van der Waals surface area contributed by atoms with Crippen molar-refractivity contribution in [3.63, 3.8) is 0 Å². The first-order valence-corrected chi connectivity index (χ1v) is 9.68. The average Bonchev–Trinajstić information content (AvgIpc) is 3.29. The van der Waals surface area contributed by atoms with Gasteiger partial charge in [-0.05, 0) is 70.8 Å². The van der Waals surface area contributed by atoms with Crippen LogP contribution in [0.3, 0.4) is 0 Å². The predicted molar refractivity (Wildman–Crippen MR) is 113 cm³/mol. The number of aryl methyl sites for hydroxylation is 2. The number of hydrogen-bond acceptors (Lipinski definition) is 5. The van der Waals surface area contributed by atoms with E-state index in [2.05, 4.69) is 39.6 Å². The fourth-order valence-corrected chi connectivity index (χ4v) is 3.40. The minimum atomic E-state index is -0.0338. The quantitative estimate of drug-likeness (QED) is 0.497. The molecular weight excluding hydrogens is 376 g/mol. The zero-order chi connectivity index (χ0) is 20.9. The lowest BCUT2D eigenvalue weighted by Gasteiger charge is -2.24. The van der Waals surface area contributed by atoms with Crippen molar-refractivity contribution < 1.29 is 4.79 Å². The Labute approximate surface area is 175 Å². The highest BCUT2D eigenvalue weighted by Crippen LogP contribution is 2.19. The van der Waals surface area contributed by atoms with Gasteiger partial charge in [-0.3, -0.25) is 9.78 Å². The van der Waals surface area contributed by atoms with Gasteiger partial charge in [0.25, 0.3) is 5.91 Å². The zero-order valence-electron chi connectivity index (χ0n) is 16.9. The SMILES string of the molecule is Cc1ccccc1CN(Cc1cccnc1)C(=O)c1ccc(-n2cnnn2)c(C)c1. The summed E-state index contributed by atoms with van der Waals surface area (Å²) in [6.45, 7) is 5.01. The maximum Gasteiger partial charge on any atom is 0.254 e. The average molecular weight is 398 g/mol. The van der Waals surface area contributed by atoms with Crippen molar-refractivity contribution >= 4 is 5.91 Å². The number of carbonyl (C=O) groups excluding carboxylic acids is 1. The lowest BCUT2D eigenvalue weighted by Crippen LogP contribution is -2.30. The molecule has 0 aliphatic rings.